The van der Waals surface area contributed by atoms with Crippen LogP contribution in [0.3, 0.4) is 0 Å². The molecule has 1 fully saturated rings. The summed E-state index contributed by atoms with van der Waals surface area (Å²) in [7, 11) is 0. The fraction of sp³-hybridized carbons (Fsp3) is 0.818. The van der Waals surface area contributed by atoms with Gasteiger partial charge in [-0.25, -0.2) is 0 Å². The van der Waals surface area contributed by atoms with Crippen LogP contribution in [0, 0.1) is 0 Å². The SMILES string of the molecule is CCOC(=O)CCC(=O)N1CCOC(CO)C1. The fourth-order valence-corrected chi connectivity index (χ4v) is 1.66. The quantitative estimate of drug-likeness (QED) is 0.664. The van der Waals surface area contributed by atoms with Gasteiger partial charge in [0.25, 0.3) is 0 Å². The third-order valence-corrected chi connectivity index (χ3v) is 2.54. The Hall–Kier alpha value is -1.14. The number of morpholine rings is 1. The first-order valence-electron chi connectivity index (χ1n) is 5.83. The maximum atomic E-state index is 11.7. The highest BCUT2D eigenvalue weighted by atomic mass is 16.5. The van der Waals surface area contributed by atoms with Crippen LogP contribution in [0.1, 0.15) is 19.8 Å². The van der Waals surface area contributed by atoms with E-state index in [-0.39, 0.29) is 37.4 Å². The molecule has 1 aliphatic heterocycles. The summed E-state index contributed by atoms with van der Waals surface area (Å²) >= 11 is 0. The highest BCUT2D eigenvalue weighted by molar-refractivity contribution is 5.81. The van der Waals surface area contributed by atoms with Crippen molar-refractivity contribution in [1.82, 2.24) is 4.90 Å². The smallest absolute Gasteiger partial charge is 0.306 e. The number of nitrogens with zero attached hydrogens (tertiary/aromatic N) is 1. The Morgan fingerprint density at radius 1 is 1.47 bits per heavy atom. The molecule has 6 heteroatoms. The van der Waals surface area contributed by atoms with Crippen LogP contribution in [-0.4, -0.2) is 60.9 Å². The Morgan fingerprint density at radius 2 is 2.24 bits per heavy atom. The minimum atomic E-state index is -0.354. The van der Waals surface area contributed by atoms with Gasteiger partial charge in [0.2, 0.25) is 5.91 Å². The van der Waals surface area contributed by atoms with Gasteiger partial charge in [0.15, 0.2) is 0 Å². The number of aliphatic hydroxyl groups is 1. The molecule has 0 radical (unpaired) electrons. The molecule has 1 saturated heterocycles. The van der Waals surface area contributed by atoms with Gasteiger partial charge < -0.3 is 19.5 Å². The van der Waals surface area contributed by atoms with Gasteiger partial charge in [0.1, 0.15) is 0 Å². The number of carbonyl (C=O) groups excluding carboxylic acids is 2. The summed E-state index contributed by atoms with van der Waals surface area (Å²) in [5.41, 5.74) is 0. The predicted molar refractivity (Wildman–Crippen MR) is 59.3 cm³/mol. The molecule has 1 N–H and O–H groups in total. The zero-order valence-corrected chi connectivity index (χ0v) is 10.1. The molecular weight excluding hydrogens is 226 g/mol. The standard InChI is InChI=1S/C11H19NO5/c1-2-16-11(15)4-3-10(14)12-5-6-17-9(7-12)8-13/h9,13H,2-8H2,1H3. The number of hydrogen-bond donors (Lipinski definition) is 1. The molecule has 0 aliphatic carbocycles. The van der Waals surface area contributed by atoms with Crippen molar-refractivity contribution in [3.8, 4) is 0 Å². The maximum Gasteiger partial charge on any atom is 0.306 e. The van der Waals surface area contributed by atoms with Crippen LogP contribution in [0.2, 0.25) is 0 Å². The molecule has 98 valence electrons. The number of rotatable bonds is 5. The second kappa shape index (κ2) is 7.24. The molecule has 1 amide bonds. The van der Waals surface area contributed by atoms with E-state index in [2.05, 4.69) is 0 Å². The van der Waals surface area contributed by atoms with Crippen LogP contribution < -0.4 is 0 Å². The molecule has 0 bridgehead atoms. The summed E-state index contributed by atoms with van der Waals surface area (Å²) in [6.07, 6.45) is -0.0551. The van der Waals surface area contributed by atoms with E-state index < -0.39 is 0 Å². The Labute approximate surface area is 100 Å². The van der Waals surface area contributed by atoms with Gasteiger partial charge in [0, 0.05) is 19.5 Å². The van der Waals surface area contributed by atoms with Gasteiger partial charge in [-0.05, 0) is 6.92 Å². The second-order valence-electron chi connectivity index (χ2n) is 3.82. The zero-order chi connectivity index (χ0) is 12.7. The van der Waals surface area contributed by atoms with E-state index in [0.717, 1.165) is 0 Å². The van der Waals surface area contributed by atoms with Crippen molar-refractivity contribution in [1.29, 1.82) is 0 Å². The number of aliphatic hydroxyl groups excluding tert-OH is 1. The van der Waals surface area contributed by atoms with Crippen LogP contribution in [0.25, 0.3) is 0 Å². The van der Waals surface area contributed by atoms with Gasteiger partial charge in [-0.15, -0.1) is 0 Å². The highest BCUT2D eigenvalue weighted by Gasteiger charge is 2.23. The second-order valence-corrected chi connectivity index (χ2v) is 3.82. The van der Waals surface area contributed by atoms with Gasteiger partial charge in [-0.2, -0.15) is 0 Å². The molecule has 0 aromatic rings. The lowest BCUT2D eigenvalue weighted by Crippen LogP contribution is -2.46. The molecule has 0 aromatic carbocycles. The Balaban J connectivity index is 2.29. The Bertz CT molecular complexity index is 269. The van der Waals surface area contributed by atoms with E-state index in [0.29, 0.717) is 26.3 Å². The minimum absolute atomic E-state index is 0.0956. The summed E-state index contributed by atoms with van der Waals surface area (Å²) in [4.78, 5) is 24.5. The molecule has 1 aliphatic rings. The minimum Gasteiger partial charge on any atom is -0.466 e. The van der Waals surface area contributed by atoms with Crippen molar-refractivity contribution in [2.24, 2.45) is 0 Å². The molecule has 6 nitrogen and oxygen atoms in total. The third kappa shape index (κ3) is 4.70. The lowest BCUT2D eigenvalue weighted by atomic mass is 10.2. The van der Waals surface area contributed by atoms with Crippen LogP contribution in [-0.2, 0) is 19.1 Å². The lowest BCUT2D eigenvalue weighted by Gasteiger charge is -2.32. The van der Waals surface area contributed by atoms with Crippen LogP contribution in [0.15, 0.2) is 0 Å². The summed E-state index contributed by atoms with van der Waals surface area (Å²) in [6, 6.07) is 0. The summed E-state index contributed by atoms with van der Waals surface area (Å²) in [6.45, 7) is 3.29. The van der Waals surface area contributed by atoms with Gasteiger partial charge in [-0.3, -0.25) is 9.59 Å². The highest BCUT2D eigenvalue weighted by Crippen LogP contribution is 2.07. The molecule has 1 atom stereocenters. The van der Waals surface area contributed by atoms with Gasteiger partial charge >= 0.3 is 5.97 Å². The van der Waals surface area contributed by atoms with E-state index in [9.17, 15) is 9.59 Å². The van der Waals surface area contributed by atoms with E-state index in [1.54, 1.807) is 11.8 Å². The van der Waals surface area contributed by atoms with Crippen LogP contribution >= 0.6 is 0 Å². The zero-order valence-electron chi connectivity index (χ0n) is 10.1. The monoisotopic (exact) mass is 245 g/mol. The van der Waals surface area contributed by atoms with E-state index in [4.69, 9.17) is 14.6 Å². The van der Waals surface area contributed by atoms with Crippen LogP contribution in [0.5, 0.6) is 0 Å². The van der Waals surface area contributed by atoms with E-state index >= 15 is 0 Å². The summed E-state index contributed by atoms with van der Waals surface area (Å²) < 4.78 is 9.98. The fourth-order valence-electron chi connectivity index (χ4n) is 1.66. The summed E-state index contributed by atoms with van der Waals surface area (Å²) in [5.74, 6) is -0.451. The number of ether oxygens (including phenoxy) is 2. The van der Waals surface area contributed by atoms with Gasteiger partial charge in [-0.1, -0.05) is 0 Å². The van der Waals surface area contributed by atoms with Crippen LogP contribution in [0.4, 0.5) is 0 Å². The first kappa shape index (κ1) is 13.9. The van der Waals surface area contributed by atoms with Crippen molar-refractivity contribution in [3.63, 3.8) is 0 Å². The van der Waals surface area contributed by atoms with E-state index in [1.165, 1.54) is 0 Å². The third-order valence-electron chi connectivity index (χ3n) is 2.54. The average Bonchev–Trinajstić information content (AvgIpc) is 2.36. The molecular formula is C11H19NO5. The Kier molecular flexibility index (Phi) is 5.93. The topological polar surface area (TPSA) is 76.1 Å². The maximum absolute atomic E-state index is 11.7. The normalized spacial score (nSPS) is 20.1. The van der Waals surface area contributed by atoms with Gasteiger partial charge in [0.05, 0.1) is 32.3 Å². The lowest BCUT2D eigenvalue weighted by molar-refractivity contribution is -0.148. The van der Waals surface area contributed by atoms with Crippen molar-refractivity contribution < 1.29 is 24.2 Å². The number of amides is 1. The van der Waals surface area contributed by atoms with Crippen molar-refractivity contribution in [2.75, 3.05) is 32.9 Å². The molecule has 1 rings (SSSR count). The first-order chi connectivity index (χ1) is 8.17. The van der Waals surface area contributed by atoms with Crippen molar-refractivity contribution in [2.45, 2.75) is 25.9 Å². The molecule has 17 heavy (non-hydrogen) atoms. The number of hydrogen-bond acceptors (Lipinski definition) is 5. The molecule has 0 spiro atoms. The largest absolute Gasteiger partial charge is 0.466 e. The first-order valence-corrected chi connectivity index (χ1v) is 5.83. The number of esters is 1. The summed E-state index contributed by atoms with van der Waals surface area (Å²) in [5, 5.41) is 8.94. The number of carbonyl (C=O) groups is 2. The van der Waals surface area contributed by atoms with Crippen molar-refractivity contribution in [3.05, 3.63) is 0 Å². The van der Waals surface area contributed by atoms with Crippen molar-refractivity contribution >= 4 is 11.9 Å². The molecule has 1 heterocycles. The predicted octanol–water partition coefficient (Wildman–Crippen LogP) is -0.451. The molecule has 1 unspecified atom stereocenters. The molecule has 0 aromatic heterocycles. The molecule has 0 saturated carbocycles. The average molecular weight is 245 g/mol. The Morgan fingerprint density at radius 3 is 2.88 bits per heavy atom. The van der Waals surface area contributed by atoms with E-state index in [1.807, 2.05) is 0 Å².